The molecule has 2 N–H and O–H groups in total. The van der Waals surface area contributed by atoms with Crippen LogP contribution in [0.15, 0.2) is 48.9 Å². The average molecular weight is 844 g/mol. The molecule has 17 heteroatoms. The molecule has 5 heterocycles. The van der Waals surface area contributed by atoms with Gasteiger partial charge in [-0.05, 0) is 50.3 Å². The highest BCUT2D eigenvalue weighted by Gasteiger charge is 2.41. The summed E-state index contributed by atoms with van der Waals surface area (Å²) < 4.78 is 18.9. The lowest BCUT2D eigenvalue weighted by atomic mass is 10.0. The van der Waals surface area contributed by atoms with Gasteiger partial charge in [-0.1, -0.05) is 44.5 Å². The molecule has 2 atom stereocenters. The standard InChI is InChI=1S/C45H49N9O8/c1-4-33-41-42(46-2)48-26-53(41)35-23-47-38(50-43(35)54(33)29-9-5-6-10-29)22-28-15-14-27(21-37(28)60-3)36(55)13-8-18-61-19-20-62-25-40(57)49-32-12-7-11-30-31(32)24-52(45(30)59)34-16-17-39(56)51-44(34)58/h7,11-12,14-15,21,23,26,29,33-34H,4-6,8-10,13,16-20,22,24-25H2,1,3H3,(H,49,57)(H,51,56,58)/t33-,34?/m1/s1. The second-order valence-electron chi connectivity index (χ2n) is 15.9. The van der Waals surface area contributed by atoms with Gasteiger partial charge in [-0.25, -0.2) is 9.97 Å². The molecule has 0 radical (unpaired) electrons. The number of ketones is 1. The number of piperidine rings is 1. The minimum absolute atomic E-state index is 0.0143. The van der Waals surface area contributed by atoms with Gasteiger partial charge in [0.05, 0.1) is 38.3 Å². The van der Waals surface area contributed by atoms with Crippen LogP contribution in [0.1, 0.15) is 114 Å². The summed E-state index contributed by atoms with van der Waals surface area (Å²) in [7, 11) is 1.58. The van der Waals surface area contributed by atoms with Crippen molar-refractivity contribution in [2.24, 2.45) is 0 Å². The van der Waals surface area contributed by atoms with E-state index in [9.17, 15) is 24.0 Å². The zero-order valence-electron chi connectivity index (χ0n) is 34.9. The first-order valence-electron chi connectivity index (χ1n) is 21.2. The molecular formula is C45H49N9O8. The van der Waals surface area contributed by atoms with Crippen LogP contribution >= 0.6 is 0 Å². The molecule has 4 aliphatic rings. The van der Waals surface area contributed by atoms with E-state index >= 15 is 0 Å². The van der Waals surface area contributed by atoms with Gasteiger partial charge < -0.3 is 34.2 Å². The third-order valence-electron chi connectivity index (χ3n) is 12.1. The van der Waals surface area contributed by atoms with Gasteiger partial charge in [-0.3, -0.25) is 33.9 Å². The van der Waals surface area contributed by atoms with E-state index in [0.717, 1.165) is 54.9 Å². The number of methoxy groups -OCH3 is 1. The van der Waals surface area contributed by atoms with Crippen molar-refractivity contribution in [3.8, 4) is 11.4 Å². The number of fused-ring (bicyclic) bond motifs is 4. The maximum atomic E-state index is 13.2. The number of hydrogen-bond acceptors (Lipinski definition) is 12. The van der Waals surface area contributed by atoms with E-state index < -0.39 is 17.9 Å². The molecule has 2 aromatic heterocycles. The molecule has 1 saturated heterocycles. The smallest absolute Gasteiger partial charge is 0.293 e. The molecule has 17 nitrogen and oxygen atoms in total. The highest BCUT2D eigenvalue weighted by atomic mass is 16.5. The summed E-state index contributed by atoms with van der Waals surface area (Å²) in [6.45, 7) is 10.5. The number of imide groups is 1. The third-order valence-corrected chi connectivity index (χ3v) is 12.1. The van der Waals surface area contributed by atoms with E-state index in [1.807, 2.05) is 16.8 Å². The number of aromatic nitrogens is 4. The molecule has 8 rings (SSSR count). The molecular weight excluding hydrogens is 795 g/mol. The number of nitrogens with zero attached hydrogens (tertiary/aromatic N) is 7. The van der Waals surface area contributed by atoms with E-state index in [2.05, 4.69) is 32.3 Å². The zero-order valence-corrected chi connectivity index (χ0v) is 34.9. The molecule has 2 fully saturated rings. The largest absolute Gasteiger partial charge is 0.496 e. The minimum atomic E-state index is -0.750. The van der Waals surface area contributed by atoms with Crippen LogP contribution in [0, 0.1) is 6.57 Å². The molecule has 4 aromatic rings. The number of imidazole rings is 1. The van der Waals surface area contributed by atoms with Crippen molar-refractivity contribution in [1.82, 2.24) is 29.7 Å². The number of anilines is 2. The van der Waals surface area contributed by atoms with E-state index in [1.54, 1.807) is 43.8 Å². The first-order valence-corrected chi connectivity index (χ1v) is 21.2. The Hall–Kier alpha value is -6.51. The maximum absolute atomic E-state index is 13.2. The van der Waals surface area contributed by atoms with E-state index in [0.29, 0.717) is 65.3 Å². The fourth-order valence-corrected chi connectivity index (χ4v) is 9.05. The number of carbonyl (C=O) groups is 5. The lowest BCUT2D eigenvalue weighted by Crippen LogP contribution is -2.52. The SMILES string of the molecule is [C-]#[N+]c1ncn2c1[C@@H](CC)N(C1CCCC1)c1nc(Cc3ccc(C(=O)CCCOCCOCC(=O)Nc4cccc5c4CN(C4CCC(=O)NC4=O)C5=O)cc3OC)ncc1-2. The van der Waals surface area contributed by atoms with E-state index in [4.69, 9.17) is 30.8 Å². The summed E-state index contributed by atoms with van der Waals surface area (Å²) in [5.41, 5.74) is 4.57. The first kappa shape index (κ1) is 42.2. The van der Waals surface area contributed by atoms with Crippen molar-refractivity contribution in [2.75, 3.05) is 43.8 Å². The molecule has 1 aliphatic carbocycles. The predicted octanol–water partition coefficient (Wildman–Crippen LogP) is 5.42. The Morgan fingerprint density at radius 3 is 2.63 bits per heavy atom. The Morgan fingerprint density at radius 1 is 1.03 bits per heavy atom. The summed E-state index contributed by atoms with van der Waals surface area (Å²) in [6, 6.07) is 10.0. The molecule has 62 heavy (non-hydrogen) atoms. The van der Waals surface area contributed by atoms with E-state index in [1.165, 1.54) is 4.90 Å². The Kier molecular flexibility index (Phi) is 12.7. The lowest BCUT2D eigenvalue weighted by molar-refractivity contribution is -0.137. The highest BCUT2D eigenvalue weighted by molar-refractivity contribution is 6.07. The van der Waals surface area contributed by atoms with Crippen molar-refractivity contribution >= 4 is 46.7 Å². The Labute approximate surface area is 359 Å². The number of ether oxygens (including phenoxy) is 3. The average Bonchev–Trinajstić information content (AvgIpc) is 4.04. The molecule has 1 unspecified atom stereocenters. The number of carbonyl (C=O) groups excluding carboxylic acids is 5. The van der Waals surface area contributed by atoms with Crippen molar-refractivity contribution in [3.63, 3.8) is 0 Å². The van der Waals surface area contributed by atoms with Gasteiger partial charge >= 0.3 is 0 Å². The van der Waals surface area contributed by atoms with Crippen molar-refractivity contribution in [1.29, 1.82) is 0 Å². The van der Waals surface area contributed by atoms with Gasteiger partial charge in [0, 0.05) is 66.4 Å². The molecule has 2 aromatic carbocycles. The first-order chi connectivity index (χ1) is 30.2. The highest BCUT2D eigenvalue weighted by Crippen LogP contribution is 2.46. The van der Waals surface area contributed by atoms with Crippen LogP contribution in [0.3, 0.4) is 0 Å². The Morgan fingerprint density at radius 2 is 1.85 bits per heavy atom. The predicted molar refractivity (Wildman–Crippen MR) is 225 cm³/mol. The van der Waals surface area contributed by atoms with E-state index in [-0.39, 0.29) is 69.3 Å². The lowest BCUT2D eigenvalue weighted by Gasteiger charge is -2.42. The van der Waals surface area contributed by atoms with Crippen LogP contribution in [0.25, 0.3) is 10.5 Å². The Balaban J connectivity index is 0.790. The number of amides is 4. The molecule has 322 valence electrons. The summed E-state index contributed by atoms with van der Waals surface area (Å²) in [4.78, 5) is 84.8. The molecule has 3 aliphatic heterocycles. The van der Waals surface area contributed by atoms with Gasteiger partial charge in [-0.15, -0.1) is 4.98 Å². The number of Topliss-reactive ketones (excluding diaryl/α,β-unsaturated/α-hetero) is 1. The van der Waals surface area contributed by atoms with Gasteiger partial charge in [0.2, 0.25) is 17.7 Å². The topological polar surface area (TPSA) is 192 Å². The number of hydrogen-bond donors (Lipinski definition) is 2. The fourth-order valence-electron chi connectivity index (χ4n) is 9.05. The maximum Gasteiger partial charge on any atom is 0.293 e. The molecule has 0 spiro atoms. The van der Waals surface area contributed by atoms with Crippen LogP contribution in [-0.2, 0) is 36.8 Å². The van der Waals surface area contributed by atoms with Gasteiger partial charge in [-0.2, -0.15) is 0 Å². The van der Waals surface area contributed by atoms with Crippen LogP contribution in [0.2, 0.25) is 0 Å². The van der Waals surface area contributed by atoms with Crippen molar-refractivity contribution in [3.05, 3.63) is 94.1 Å². The summed E-state index contributed by atoms with van der Waals surface area (Å²) in [5.74, 6) is 0.852. The third kappa shape index (κ3) is 8.52. The number of rotatable bonds is 17. The van der Waals surface area contributed by atoms with Crippen LogP contribution in [-0.4, -0.2) is 99.5 Å². The van der Waals surface area contributed by atoms with Gasteiger partial charge in [0.25, 0.3) is 11.7 Å². The summed E-state index contributed by atoms with van der Waals surface area (Å²) in [6.07, 6.45) is 10.4. The monoisotopic (exact) mass is 843 g/mol. The second kappa shape index (κ2) is 18.6. The molecule has 0 bridgehead atoms. The van der Waals surface area contributed by atoms with Gasteiger partial charge in [0.15, 0.2) is 17.9 Å². The molecule has 4 amide bonds. The molecule has 1 saturated carbocycles. The Bertz CT molecular complexity index is 2440. The fraction of sp³-hybridized carbons (Fsp3) is 0.444. The van der Waals surface area contributed by atoms with Crippen LogP contribution in [0.5, 0.6) is 5.75 Å². The van der Waals surface area contributed by atoms with Gasteiger partial charge in [0.1, 0.15) is 29.9 Å². The number of nitrogens with one attached hydrogen (secondary N) is 2. The van der Waals surface area contributed by atoms with Crippen LogP contribution in [0.4, 0.5) is 17.3 Å². The minimum Gasteiger partial charge on any atom is -0.496 e. The zero-order chi connectivity index (χ0) is 43.3. The second-order valence-corrected chi connectivity index (χ2v) is 15.9. The summed E-state index contributed by atoms with van der Waals surface area (Å²) >= 11 is 0. The normalized spacial score (nSPS) is 18.2. The van der Waals surface area contributed by atoms with Crippen molar-refractivity contribution < 1.29 is 38.2 Å². The number of benzene rings is 2. The van der Waals surface area contributed by atoms with Crippen LogP contribution < -0.4 is 20.3 Å². The van der Waals surface area contributed by atoms with Crippen molar-refractivity contribution in [2.45, 2.75) is 95.8 Å². The summed E-state index contributed by atoms with van der Waals surface area (Å²) in [5, 5.41) is 5.08. The quantitative estimate of drug-likeness (QED) is 0.0595.